The van der Waals surface area contributed by atoms with Crippen molar-refractivity contribution in [3.63, 3.8) is 0 Å². The SMILES string of the molecule is COC12C(Br)=Cc3ncn(Cc4ccc5nc(NC6CCCCC6)sc5c4)c3C1C2C. The molecule has 0 spiro atoms. The number of benzene rings is 1. The van der Waals surface area contributed by atoms with Gasteiger partial charge in [-0.3, -0.25) is 0 Å². The lowest BCUT2D eigenvalue weighted by Gasteiger charge is -2.22. The zero-order valence-electron chi connectivity index (χ0n) is 17.9. The van der Waals surface area contributed by atoms with Crippen LogP contribution in [0.15, 0.2) is 29.0 Å². The number of fused-ring (bicyclic) bond motifs is 4. The standard InChI is InChI=1S/C24H27BrN4OS/c1-14-21-22-18(11-20(25)24(14,21)30-2)26-13-29(22)12-15-8-9-17-19(10-15)31-23(28-17)27-16-6-4-3-5-7-16/h8-11,13-14,16,21H,3-7,12H2,1-2H3,(H,27,28). The topological polar surface area (TPSA) is 52.0 Å². The van der Waals surface area contributed by atoms with Crippen LogP contribution in [0, 0.1) is 5.92 Å². The minimum absolute atomic E-state index is 0.216. The number of hydrogen-bond donors (Lipinski definition) is 1. The number of ether oxygens (including phenoxy) is 1. The Morgan fingerprint density at radius 1 is 1.29 bits per heavy atom. The van der Waals surface area contributed by atoms with Crippen LogP contribution in [0.3, 0.4) is 0 Å². The van der Waals surface area contributed by atoms with Gasteiger partial charge in [-0.25, -0.2) is 9.97 Å². The fourth-order valence-corrected chi connectivity index (χ4v) is 7.70. The maximum absolute atomic E-state index is 5.96. The summed E-state index contributed by atoms with van der Waals surface area (Å²) in [5.41, 5.74) is 4.51. The maximum Gasteiger partial charge on any atom is 0.184 e. The zero-order valence-corrected chi connectivity index (χ0v) is 20.3. The van der Waals surface area contributed by atoms with Crippen LogP contribution in [-0.4, -0.2) is 33.3 Å². The third-order valence-corrected chi connectivity index (χ3v) is 9.24. The molecule has 1 N–H and O–H groups in total. The Morgan fingerprint density at radius 3 is 2.94 bits per heavy atom. The van der Waals surface area contributed by atoms with E-state index >= 15 is 0 Å². The fourth-order valence-electron chi connectivity index (χ4n) is 5.71. The Bertz CT molecular complexity index is 1180. The van der Waals surface area contributed by atoms with Crippen LogP contribution in [-0.2, 0) is 11.3 Å². The molecule has 7 heteroatoms. The third-order valence-electron chi connectivity index (χ3n) is 7.45. The number of methoxy groups -OCH3 is 1. The normalized spacial score (nSPS) is 27.6. The first-order valence-corrected chi connectivity index (χ1v) is 12.8. The average molecular weight is 499 g/mol. The second kappa shape index (κ2) is 7.42. The van der Waals surface area contributed by atoms with E-state index in [2.05, 4.69) is 57.0 Å². The van der Waals surface area contributed by atoms with Crippen LogP contribution in [0.25, 0.3) is 16.3 Å². The van der Waals surface area contributed by atoms with Crippen molar-refractivity contribution in [2.45, 2.75) is 63.1 Å². The predicted molar refractivity (Wildman–Crippen MR) is 130 cm³/mol. The lowest BCUT2D eigenvalue weighted by Crippen LogP contribution is -2.21. The Kier molecular flexibility index (Phi) is 4.78. The van der Waals surface area contributed by atoms with Crippen molar-refractivity contribution >= 4 is 48.7 Å². The molecule has 3 unspecified atom stereocenters. The van der Waals surface area contributed by atoms with Crippen molar-refractivity contribution < 1.29 is 4.74 Å². The predicted octanol–water partition coefficient (Wildman–Crippen LogP) is 6.15. The summed E-state index contributed by atoms with van der Waals surface area (Å²) in [7, 11) is 1.81. The number of halogens is 1. The molecule has 3 atom stereocenters. The lowest BCUT2D eigenvalue weighted by atomic mass is 9.96. The van der Waals surface area contributed by atoms with Gasteiger partial charge in [0.25, 0.3) is 0 Å². The average Bonchev–Trinajstić information content (AvgIpc) is 3.04. The van der Waals surface area contributed by atoms with Crippen molar-refractivity contribution in [1.82, 2.24) is 14.5 Å². The smallest absolute Gasteiger partial charge is 0.184 e. The van der Waals surface area contributed by atoms with E-state index in [1.807, 2.05) is 13.4 Å². The second-order valence-electron chi connectivity index (χ2n) is 9.20. The number of nitrogens with zero attached hydrogens (tertiary/aromatic N) is 3. The molecule has 3 aliphatic rings. The van der Waals surface area contributed by atoms with E-state index in [-0.39, 0.29) is 5.60 Å². The highest BCUT2D eigenvalue weighted by Gasteiger charge is 2.68. The van der Waals surface area contributed by atoms with Crippen LogP contribution in [0.4, 0.5) is 5.13 Å². The number of hydrogen-bond acceptors (Lipinski definition) is 5. The summed E-state index contributed by atoms with van der Waals surface area (Å²) in [6, 6.07) is 7.24. The monoisotopic (exact) mass is 498 g/mol. The van der Waals surface area contributed by atoms with E-state index < -0.39 is 0 Å². The second-order valence-corrected chi connectivity index (χ2v) is 11.1. The molecule has 1 aromatic carbocycles. The zero-order chi connectivity index (χ0) is 21.2. The molecule has 2 saturated carbocycles. The first-order valence-electron chi connectivity index (χ1n) is 11.2. The summed E-state index contributed by atoms with van der Waals surface area (Å²) < 4.78 is 10.6. The minimum atomic E-state index is -0.216. The van der Waals surface area contributed by atoms with Gasteiger partial charge in [0, 0.05) is 36.0 Å². The van der Waals surface area contributed by atoms with Crippen molar-refractivity contribution in [3.05, 3.63) is 46.0 Å². The number of imidazole rings is 1. The van der Waals surface area contributed by atoms with Gasteiger partial charge < -0.3 is 14.6 Å². The summed E-state index contributed by atoms with van der Waals surface area (Å²) in [4.78, 5) is 9.52. The highest BCUT2D eigenvalue weighted by atomic mass is 79.9. The number of anilines is 1. The molecule has 3 aromatic rings. The number of aromatic nitrogens is 3. The molecule has 0 radical (unpaired) electrons. The van der Waals surface area contributed by atoms with Crippen molar-refractivity contribution in [2.24, 2.45) is 5.92 Å². The quantitative estimate of drug-likeness (QED) is 0.457. The Balaban J connectivity index is 1.26. The van der Waals surface area contributed by atoms with Gasteiger partial charge in [-0.05, 0) is 36.6 Å². The first-order chi connectivity index (χ1) is 15.1. The van der Waals surface area contributed by atoms with Gasteiger partial charge in [-0.1, -0.05) is 59.5 Å². The fraction of sp³-hybridized carbons (Fsp3) is 0.500. The van der Waals surface area contributed by atoms with E-state index in [0.29, 0.717) is 17.9 Å². The molecule has 162 valence electrons. The molecule has 0 aliphatic heterocycles. The van der Waals surface area contributed by atoms with Gasteiger partial charge in [0.15, 0.2) is 5.13 Å². The summed E-state index contributed by atoms with van der Waals surface area (Å²) in [5.74, 6) is 0.796. The van der Waals surface area contributed by atoms with Crippen LogP contribution < -0.4 is 5.32 Å². The van der Waals surface area contributed by atoms with E-state index in [1.54, 1.807) is 11.3 Å². The minimum Gasteiger partial charge on any atom is -0.372 e. The van der Waals surface area contributed by atoms with Crippen LogP contribution in [0.2, 0.25) is 0 Å². The van der Waals surface area contributed by atoms with Gasteiger partial charge in [0.1, 0.15) is 5.60 Å². The van der Waals surface area contributed by atoms with Crippen molar-refractivity contribution in [2.75, 3.05) is 12.4 Å². The highest BCUT2D eigenvalue weighted by molar-refractivity contribution is 9.12. The van der Waals surface area contributed by atoms with Crippen LogP contribution in [0.1, 0.15) is 61.9 Å². The van der Waals surface area contributed by atoms with Gasteiger partial charge in [-0.15, -0.1) is 0 Å². The highest BCUT2D eigenvalue weighted by Crippen LogP contribution is 2.67. The summed E-state index contributed by atoms with van der Waals surface area (Å²) >= 11 is 5.52. The van der Waals surface area contributed by atoms with Crippen LogP contribution >= 0.6 is 27.3 Å². The van der Waals surface area contributed by atoms with Gasteiger partial charge >= 0.3 is 0 Å². The van der Waals surface area contributed by atoms with E-state index in [4.69, 9.17) is 14.7 Å². The van der Waals surface area contributed by atoms with E-state index in [1.165, 1.54) is 48.1 Å². The van der Waals surface area contributed by atoms with Crippen molar-refractivity contribution in [3.8, 4) is 0 Å². The van der Waals surface area contributed by atoms with E-state index in [0.717, 1.165) is 27.4 Å². The Hall–Kier alpha value is -1.70. The number of rotatable bonds is 5. The molecule has 31 heavy (non-hydrogen) atoms. The summed E-state index contributed by atoms with van der Waals surface area (Å²) in [5, 5.41) is 4.74. The van der Waals surface area contributed by atoms with Crippen LogP contribution in [0.5, 0.6) is 0 Å². The molecule has 0 bridgehead atoms. The Morgan fingerprint density at radius 2 is 2.13 bits per heavy atom. The van der Waals surface area contributed by atoms with E-state index in [9.17, 15) is 0 Å². The molecule has 2 heterocycles. The molecule has 0 saturated heterocycles. The van der Waals surface area contributed by atoms with Gasteiger partial charge in [0.05, 0.1) is 27.9 Å². The van der Waals surface area contributed by atoms with Gasteiger partial charge in [-0.2, -0.15) is 0 Å². The number of thiazole rings is 1. The summed E-state index contributed by atoms with van der Waals surface area (Å²) in [6.45, 7) is 3.08. The third kappa shape index (κ3) is 3.11. The first kappa shape index (κ1) is 19.9. The molecular formula is C24H27BrN4OS. The molecule has 6 rings (SSSR count). The molecule has 2 aromatic heterocycles. The van der Waals surface area contributed by atoms with Crippen molar-refractivity contribution in [1.29, 1.82) is 0 Å². The maximum atomic E-state index is 5.96. The molecule has 3 aliphatic carbocycles. The molecule has 5 nitrogen and oxygen atoms in total. The molecule has 2 fully saturated rings. The molecular weight excluding hydrogens is 472 g/mol. The number of nitrogens with one attached hydrogen (secondary N) is 1. The largest absolute Gasteiger partial charge is 0.372 e. The van der Waals surface area contributed by atoms with Gasteiger partial charge in [0.2, 0.25) is 0 Å². The Labute approximate surface area is 195 Å². The lowest BCUT2D eigenvalue weighted by molar-refractivity contribution is 0.101. The molecule has 0 amide bonds. The summed E-state index contributed by atoms with van der Waals surface area (Å²) in [6.07, 6.45) is 10.7.